The van der Waals surface area contributed by atoms with E-state index in [0.717, 1.165) is 0 Å². The lowest BCUT2D eigenvalue weighted by atomic mass is 10.2. The van der Waals surface area contributed by atoms with Crippen molar-refractivity contribution in [3.05, 3.63) is 23.8 Å². The van der Waals surface area contributed by atoms with Crippen LogP contribution in [-0.4, -0.2) is 28.7 Å². The monoisotopic (exact) mass is 247 g/mol. The average Bonchev–Trinajstić information content (AvgIpc) is 2.26. The number of hydrogen-bond acceptors (Lipinski definition) is 3. The van der Waals surface area contributed by atoms with Gasteiger partial charge in [0.15, 0.2) is 0 Å². The Morgan fingerprint density at radius 3 is 2.69 bits per heavy atom. The van der Waals surface area contributed by atoms with Gasteiger partial charge in [-0.2, -0.15) is 0 Å². The molecular formula is C10H14FNO3S. The van der Waals surface area contributed by atoms with E-state index < -0.39 is 16.7 Å². The molecule has 0 amide bonds. The number of nitrogens with one attached hydrogen (secondary N) is 1. The average molecular weight is 247 g/mol. The molecule has 1 N–H and O–H groups in total. The molecule has 0 aliphatic heterocycles. The molecule has 0 aliphatic carbocycles. The number of benzene rings is 1. The Hall–Kier alpha value is -1.14. The van der Waals surface area contributed by atoms with Crippen LogP contribution in [0.15, 0.2) is 23.1 Å². The van der Waals surface area contributed by atoms with Crippen LogP contribution < -0.4 is 9.46 Å². The fourth-order valence-electron chi connectivity index (χ4n) is 1.33. The van der Waals surface area contributed by atoms with E-state index in [4.69, 9.17) is 4.74 Å². The summed E-state index contributed by atoms with van der Waals surface area (Å²) < 4.78 is 42.7. The highest BCUT2D eigenvalue weighted by molar-refractivity contribution is 7.89. The minimum absolute atomic E-state index is 0.0611. The molecule has 0 bridgehead atoms. The van der Waals surface area contributed by atoms with Crippen LogP contribution in [0.3, 0.4) is 0 Å². The van der Waals surface area contributed by atoms with E-state index in [0.29, 0.717) is 5.56 Å². The van der Waals surface area contributed by atoms with Gasteiger partial charge in [0.05, 0.1) is 0 Å². The fourth-order valence-corrected chi connectivity index (χ4v) is 2.42. The number of sulfonamides is 1. The van der Waals surface area contributed by atoms with E-state index in [1.807, 2.05) is 0 Å². The number of rotatable bonds is 5. The van der Waals surface area contributed by atoms with Crippen molar-refractivity contribution < 1.29 is 17.5 Å². The second kappa shape index (κ2) is 5.27. The highest BCUT2D eigenvalue weighted by atomic mass is 32.2. The Bertz CT molecular complexity index is 459. The van der Waals surface area contributed by atoms with Crippen molar-refractivity contribution in [3.63, 3.8) is 0 Å². The summed E-state index contributed by atoms with van der Waals surface area (Å²) in [5.41, 5.74) is 0.561. The van der Waals surface area contributed by atoms with Crippen LogP contribution in [-0.2, 0) is 10.0 Å². The van der Waals surface area contributed by atoms with E-state index in [2.05, 4.69) is 4.72 Å². The molecule has 0 spiro atoms. The second-order valence-corrected chi connectivity index (χ2v) is 4.97. The maximum atomic E-state index is 12.0. The van der Waals surface area contributed by atoms with Crippen LogP contribution in [0.1, 0.15) is 5.56 Å². The summed E-state index contributed by atoms with van der Waals surface area (Å²) in [6, 6.07) is 4.83. The van der Waals surface area contributed by atoms with Crippen LogP contribution >= 0.6 is 0 Å². The Morgan fingerprint density at radius 1 is 1.44 bits per heavy atom. The lowest BCUT2D eigenvalue weighted by Crippen LogP contribution is -2.20. The summed E-state index contributed by atoms with van der Waals surface area (Å²) >= 11 is 0. The highest BCUT2D eigenvalue weighted by Gasteiger charge is 2.20. The first kappa shape index (κ1) is 12.9. The molecule has 0 atom stereocenters. The van der Waals surface area contributed by atoms with E-state index in [-0.39, 0.29) is 17.3 Å². The van der Waals surface area contributed by atoms with Crippen molar-refractivity contribution in [1.82, 2.24) is 4.72 Å². The number of alkyl halides is 1. The predicted octanol–water partition coefficient (Wildman–Crippen LogP) is 1.25. The third-order valence-corrected chi connectivity index (χ3v) is 3.65. The first-order valence-electron chi connectivity index (χ1n) is 4.75. The SMILES string of the molecule is CNS(=O)(=O)c1c(C)cccc1OCCF. The maximum Gasteiger partial charge on any atom is 0.244 e. The normalized spacial score (nSPS) is 11.4. The van der Waals surface area contributed by atoms with Crippen LogP contribution in [0.2, 0.25) is 0 Å². The van der Waals surface area contributed by atoms with Gasteiger partial charge in [-0.1, -0.05) is 12.1 Å². The summed E-state index contributed by atoms with van der Waals surface area (Å²) in [7, 11) is -2.27. The van der Waals surface area contributed by atoms with Crippen molar-refractivity contribution in [2.45, 2.75) is 11.8 Å². The van der Waals surface area contributed by atoms with Gasteiger partial charge in [-0.15, -0.1) is 0 Å². The van der Waals surface area contributed by atoms with Crippen molar-refractivity contribution >= 4 is 10.0 Å². The summed E-state index contributed by atoms with van der Waals surface area (Å²) in [6.07, 6.45) is 0. The smallest absolute Gasteiger partial charge is 0.244 e. The first-order chi connectivity index (χ1) is 7.53. The summed E-state index contributed by atoms with van der Waals surface area (Å²) in [6.45, 7) is 0.842. The summed E-state index contributed by atoms with van der Waals surface area (Å²) in [5.74, 6) is 0.173. The first-order valence-corrected chi connectivity index (χ1v) is 6.23. The number of aryl methyl sites for hydroxylation is 1. The van der Waals surface area contributed by atoms with Gasteiger partial charge in [0, 0.05) is 0 Å². The van der Waals surface area contributed by atoms with E-state index in [1.54, 1.807) is 19.1 Å². The molecule has 0 fully saturated rings. The van der Waals surface area contributed by atoms with Crippen molar-refractivity contribution in [1.29, 1.82) is 0 Å². The van der Waals surface area contributed by atoms with E-state index in [1.165, 1.54) is 13.1 Å². The van der Waals surface area contributed by atoms with Gasteiger partial charge in [0.1, 0.15) is 23.9 Å². The van der Waals surface area contributed by atoms with Gasteiger partial charge in [0.25, 0.3) is 0 Å². The second-order valence-electron chi connectivity index (χ2n) is 3.15. The van der Waals surface area contributed by atoms with Crippen molar-refractivity contribution in [2.75, 3.05) is 20.3 Å². The fraction of sp³-hybridized carbons (Fsp3) is 0.400. The van der Waals surface area contributed by atoms with E-state index >= 15 is 0 Å². The quantitative estimate of drug-likeness (QED) is 0.852. The minimum atomic E-state index is -3.59. The van der Waals surface area contributed by atoms with Crippen LogP contribution in [0.5, 0.6) is 5.75 Å². The standard InChI is InChI=1S/C10H14FNO3S/c1-8-4-3-5-9(15-7-6-11)10(8)16(13,14)12-2/h3-5,12H,6-7H2,1-2H3. The number of hydrogen-bond donors (Lipinski definition) is 1. The highest BCUT2D eigenvalue weighted by Crippen LogP contribution is 2.26. The number of ether oxygens (including phenoxy) is 1. The number of halogens is 1. The Morgan fingerprint density at radius 2 is 2.12 bits per heavy atom. The van der Waals surface area contributed by atoms with Gasteiger partial charge in [0.2, 0.25) is 10.0 Å². The lowest BCUT2D eigenvalue weighted by Gasteiger charge is -2.12. The summed E-state index contributed by atoms with van der Waals surface area (Å²) in [4.78, 5) is 0.0611. The molecule has 1 aromatic rings. The molecule has 16 heavy (non-hydrogen) atoms. The molecule has 1 aromatic carbocycles. The summed E-state index contributed by atoms with van der Waals surface area (Å²) in [5, 5.41) is 0. The van der Waals surface area contributed by atoms with Crippen molar-refractivity contribution in [2.24, 2.45) is 0 Å². The van der Waals surface area contributed by atoms with Crippen LogP contribution in [0, 0.1) is 6.92 Å². The van der Waals surface area contributed by atoms with Crippen LogP contribution in [0.25, 0.3) is 0 Å². The Labute approximate surface area is 94.5 Å². The molecular weight excluding hydrogens is 233 g/mol. The third-order valence-electron chi connectivity index (χ3n) is 2.05. The van der Waals surface area contributed by atoms with Crippen LogP contribution in [0.4, 0.5) is 4.39 Å². The maximum absolute atomic E-state index is 12.0. The molecule has 6 heteroatoms. The molecule has 1 rings (SSSR count). The third kappa shape index (κ3) is 2.70. The predicted molar refractivity (Wildman–Crippen MR) is 58.9 cm³/mol. The largest absolute Gasteiger partial charge is 0.489 e. The van der Waals surface area contributed by atoms with Gasteiger partial charge in [-0.3, -0.25) is 0 Å². The molecule has 0 heterocycles. The molecule has 0 saturated carbocycles. The zero-order valence-corrected chi connectivity index (χ0v) is 9.97. The molecule has 90 valence electrons. The van der Waals surface area contributed by atoms with Gasteiger partial charge in [-0.25, -0.2) is 17.5 Å². The Balaban J connectivity index is 3.24. The topological polar surface area (TPSA) is 55.4 Å². The molecule has 0 radical (unpaired) electrons. The molecule has 0 unspecified atom stereocenters. The van der Waals surface area contributed by atoms with E-state index in [9.17, 15) is 12.8 Å². The lowest BCUT2D eigenvalue weighted by molar-refractivity contribution is 0.267. The molecule has 0 saturated heterocycles. The molecule has 0 aromatic heterocycles. The minimum Gasteiger partial charge on any atom is -0.489 e. The zero-order chi connectivity index (χ0) is 12.2. The van der Waals surface area contributed by atoms with Crippen molar-refractivity contribution in [3.8, 4) is 5.75 Å². The van der Waals surface area contributed by atoms with Gasteiger partial charge < -0.3 is 4.74 Å². The Kier molecular flexibility index (Phi) is 4.26. The molecule has 0 aliphatic rings. The molecule has 4 nitrogen and oxygen atoms in total. The van der Waals surface area contributed by atoms with Gasteiger partial charge in [-0.05, 0) is 25.6 Å². The van der Waals surface area contributed by atoms with Gasteiger partial charge >= 0.3 is 0 Å². The zero-order valence-electron chi connectivity index (χ0n) is 9.16.